The van der Waals surface area contributed by atoms with Crippen LogP contribution in [-0.4, -0.2) is 10.7 Å². The Bertz CT molecular complexity index is 580. The van der Waals surface area contributed by atoms with E-state index in [2.05, 4.69) is 38.1 Å². The molecule has 0 aliphatic heterocycles. The van der Waals surface area contributed by atoms with Crippen molar-refractivity contribution in [3.05, 3.63) is 48.0 Å². The zero-order valence-electron chi connectivity index (χ0n) is 13.9. The van der Waals surface area contributed by atoms with Crippen LogP contribution < -0.4 is 5.73 Å². The number of nitrogens with two attached hydrogens (primary N) is 1. The lowest BCUT2D eigenvalue weighted by molar-refractivity contribution is -0.00664. The molecule has 0 saturated heterocycles. The van der Waals surface area contributed by atoms with E-state index < -0.39 is 5.60 Å². The first-order valence-electron chi connectivity index (χ1n) is 8.58. The van der Waals surface area contributed by atoms with Crippen molar-refractivity contribution < 1.29 is 5.11 Å². The first-order valence-corrected chi connectivity index (χ1v) is 8.58. The number of benzene rings is 2. The van der Waals surface area contributed by atoms with E-state index in [9.17, 15) is 5.11 Å². The Morgan fingerprint density at radius 2 is 1.55 bits per heavy atom. The summed E-state index contributed by atoms with van der Waals surface area (Å²) in [6.07, 6.45) is 5.73. The summed E-state index contributed by atoms with van der Waals surface area (Å²) >= 11 is 0. The van der Waals surface area contributed by atoms with Gasteiger partial charge < -0.3 is 10.8 Å². The number of aliphatic hydroxyl groups is 1. The van der Waals surface area contributed by atoms with Crippen LogP contribution in [-0.2, 0) is 0 Å². The smallest absolute Gasteiger partial charge is 0.0839 e. The monoisotopic (exact) mass is 299 g/mol. The second-order valence-electron chi connectivity index (χ2n) is 6.36. The lowest BCUT2D eigenvalue weighted by Gasteiger charge is -2.35. The number of fused-ring (bicyclic) bond motifs is 1. The summed E-state index contributed by atoms with van der Waals surface area (Å²) < 4.78 is 0. The maximum Gasteiger partial charge on any atom is 0.0839 e. The molecule has 0 radical (unpaired) electrons. The highest BCUT2D eigenvalue weighted by Crippen LogP contribution is 2.36. The first kappa shape index (κ1) is 17.0. The van der Waals surface area contributed by atoms with Crippen LogP contribution in [0.4, 0.5) is 0 Å². The highest BCUT2D eigenvalue weighted by molar-refractivity contribution is 5.86. The second kappa shape index (κ2) is 7.75. The van der Waals surface area contributed by atoms with Crippen LogP contribution in [0.1, 0.15) is 64.0 Å². The van der Waals surface area contributed by atoms with Gasteiger partial charge >= 0.3 is 0 Å². The lowest BCUT2D eigenvalue weighted by atomic mass is 9.80. The molecule has 22 heavy (non-hydrogen) atoms. The van der Waals surface area contributed by atoms with E-state index in [4.69, 9.17) is 5.73 Å². The van der Waals surface area contributed by atoms with Crippen molar-refractivity contribution >= 4 is 10.8 Å². The first-order chi connectivity index (χ1) is 10.6. The highest BCUT2D eigenvalue weighted by atomic mass is 16.3. The zero-order valence-corrected chi connectivity index (χ0v) is 13.9. The molecule has 2 aromatic rings. The molecule has 0 saturated carbocycles. The predicted octanol–water partition coefficient (Wildman–Crippen LogP) is 4.95. The van der Waals surface area contributed by atoms with Crippen molar-refractivity contribution in [1.29, 1.82) is 0 Å². The molecular weight excluding hydrogens is 270 g/mol. The molecular formula is C20H29NO. The fraction of sp³-hybridized carbons (Fsp3) is 0.500. The molecule has 2 rings (SSSR count). The molecule has 2 heteroatoms. The maximum absolute atomic E-state index is 11.2. The average molecular weight is 299 g/mol. The van der Waals surface area contributed by atoms with Gasteiger partial charge in [-0.1, -0.05) is 82.0 Å². The van der Waals surface area contributed by atoms with E-state index in [0.717, 1.165) is 49.5 Å². The quantitative estimate of drug-likeness (QED) is 0.724. The minimum Gasteiger partial charge on any atom is -0.388 e. The van der Waals surface area contributed by atoms with Crippen LogP contribution in [0.2, 0.25) is 0 Å². The summed E-state index contributed by atoms with van der Waals surface area (Å²) in [4.78, 5) is 0. The molecule has 0 heterocycles. The third-order valence-corrected chi connectivity index (χ3v) is 4.66. The van der Waals surface area contributed by atoms with Gasteiger partial charge in [-0.2, -0.15) is 0 Å². The predicted molar refractivity (Wildman–Crippen MR) is 94.9 cm³/mol. The van der Waals surface area contributed by atoms with Gasteiger partial charge in [-0.15, -0.1) is 0 Å². The van der Waals surface area contributed by atoms with E-state index in [1.54, 1.807) is 0 Å². The molecule has 0 fully saturated rings. The molecule has 2 aromatic carbocycles. The van der Waals surface area contributed by atoms with Gasteiger partial charge in [0.05, 0.1) is 11.6 Å². The average Bonchev–Trinajstić information content (AvgIpc) is 2.57. The summed E-state index contributed by atoms with van der Waals surface area (Å²) in [5, 5.41) is 13.6. The molecule has 0 aliphatic rings. The fourth-order valence-electron chi connectivity index (χ4n) is 3.21. The summed E-state index contributed by atoms with van der Waals surface area (Å²) in [5.74, 6) is 0. The van der Waals surface area contributed by atoms with Gasteiger partial charge in [-0.05, 0) is 29.2 Å². The van der Waals surface area contributed by atoms with E-state index in [-0.39, 0.29) is 6.04 Å². The van der Waals surface area contributed by atoms with Gasteiger partial charge in [-0.3, -0.25) is 0 Å². The number of unbranched alkanes of at least 4 members (excludes halogenated alkanes) is 2. The molecule has 3 N–H and O–H groups in total. The molecule has 120 valence electrons. The standard InChI is InChI=1S/C20H29NO/c1-3-5-14-20(22,15-6-4-2)19(21)18-13-9-11-16-10-7-8-12-17(16)18/h7-13,19,22H,3-6,14-15,21H2,1-2H3. The Balaban J connectivity index is 2.37. The van der Waals surface area contributed by atoms with Crippen LogP contribution in [0.25, 0.3) is 10.8 Å². The molecule has 0 bridgehead atoms. The number of hydrogen-bond donors (Lipinski definition) is 2. The lowest BCUT2D eigenvalue weighted by Crippen LogP contribution is -2.41. The normalized spacial score (nSPS) is 13.5. The van der Waals surface area contributed by atoms with Crippen molar-refractivity contribution in [3.8, 4) is 0 Å². The number of hydrogen-bond acceptors (Lipinski definition) is 2. The van der Waals surface area contributed by atoms with Crippen LogP contribution >= 0.6 is 0 Å². The van der Waals surface area contributed by atoms with Crippen molar-refractivity contribution in [1.82, 2.24) is 0 Å². The largest absolute Gasteiger partial charge is 0.388 e. The zero-order chi connectivity index (χ0) is 16.0. The Labute approximate surface area is 134 Å². The van der Waals surface area contributed by atoms with Gasteiger partial charge in [0.25, 0.3) is 0 Å². The second-order valence-corrected chi connectivity index (χ2v) is 6.36. The minimum absolute atomic E-state index is 0.336. The number of rotatable bonds is 8. The molecule has 0 spiro atoms. The fourth-order valence-corrected chi connectivity index (χ4v) is 3.21. The third kappa shape index (κ3) is 3.68. The van der Waals surface area contributed by atoms with Crippen LogP contribution in [0.3, 0.4) is 0 Å². The van der Waals surface area contributed by atoms with Crippen LogP contribution in [0, 0.1) is 0 Å². The highest BCUT2D eigenvalue weighted by Gasteiger charge is 2.34. The van der Waals surface area contributed by atoms with Crippen molar-refractivity contribution in [2.75, 3.05) is 0 Å². The van der Waals surface area contributed by atoms with Crippen molar-refractivity contribution in [2.24, 2.45) is 5.73 Å². The van der Waals surface area contributed by atoms with Gasteiger partial charge in [-0.25, -0.2) is 0 Å². The SMILES string of the molecule is CCCCC(O)(CCCC)C(N)c1cccc2ccccc12. The minimum atomic E-state index is -0.809. The molecule has 1 unspecified atom stereocenters. The van der Waals surface area contributed by atoms with Crippen LogP contribution in [0.15, 0.2) is 42.5 Å². The summed E-state index contributed by atoms with van der Waals surface area (Å²) in [7, 11) is 0. The van der Waals surface area contributed by atoms with E-state index in [0.29, 0.717) is 0 Å². The summed E-state index contributed by atoms with van der Waals surface area (Å²) in [6.45, 7) is 4.31. The van der Waals surface area contributed by atoms with Gasteiger partial charge in [0.1, 0.15) is 0 Å². The van der Waals surface area contributed by atoms with E-state index >= 15 is 0 Å². The van der Waals surface area contributed by atoms with E-state index in [1.807, 2.05) is 18.2 Å². The molecule has 0 aromatic heterocycles. The summed E-state index contributed by atoms with van der Waals surface area (Å²) in [5.41, 5.74) is 6.82. The Hall–Kier alpha value is -1.38. The Morgan fingerprint density at radius 3 is 2.18 bits per heavy atom. The van der Waals surface area contributed by atoms with Gasteiger partial charge in [0, 0.05) is 0 Å². The third-order valence-electron chi connectivity index (χ3n) is 4.66. The molecule has 0 aliphatic carbocycles. The van der Waals surface area contributed by atoms with Crippen molar-refractivity contribution in [2.45, 2.75) is 64.0 Å². The molecule has 1 atom stereocenters. The molecule has 0 amide bonds. The Morgan fingerprint density at radius 1 is 0.955 bits per heavy atom. The topological polar surface area (TPSA) is 46.2 Å². The molecule has 2 nitrogen and oxygen atoms in total. The van der Waals surface area contributed by atoms with Crippen molar-refractivity contribution in [3.63, 3.8) is 0 Å². The summed E-state index contributed by atoms with van der Waals surface area (Å²) in [6, 6.07) is 14.1. The van der Waals surface area contributed by atoms with Gasteiger partial charge in [0.15, 0.2) is 0 Å². The van der Waals surface area contributed by atoms with Crippen LogP contribution in [0.5, 0.6) is 0 Å². The Kier molecular flexibility index (Phi) is 5.98. The maximum atomic E-state index is 11.2. The van der Waals surface area contributed by atoms with Gasteiger partial charge in [0.2, 0.25) is 0 Å². The van der Waals surface area contributed by atoms with E-state index in [1.165, 1.54) is 5.39 Å².